The van der Waals surface area contributed by atoms with Crippen molar-refractivity contribution in [1.29, 1.82) is 0 Å². The van der Waals surface area contributed by atoms with Crippen LogP contribution in [0.15, 0.2) is 60.7 Å². The van der Waals surface area contributed by atoms with Crippen molar-refractivity contribution in [2.75, 3.05) is 6.61 Å². The lowest BCUT2D eigenvalue weighted by molar-refractivity contribution is -0.255. The van der Waals surface area contributed by atoms with Crippen LogP contribution in [0.25, 0.3) is 0 Å². The molecule has 1 saturated heterocycles. The molecule has 13 heteroatoms. The largest absolute Gasteiger partial charge is 0.463 e. The van der Waals surface area contributed by atoms with Gasteiger partial charge < -0.3 is 34.3 Å². The topological polar surface area (TPSA) is 156 Å². The Balaban J connectivity index is 1.61. The molecule has 46 heavy (non-hydrogen) atoms. The van der Waals surface area contributed by atoms with Gasteiger partial charge in [0.05, 0.1) is 0 Å². The zero-order valence-electron chi connectivity index (χ0n) is 26.4. The molecule has 2 aliphatic rings. The van der Waals surface area contributed by atoms with Crippen LogP contribution in [0.1, 0.15) is 53.4 Å². The molecular formula is C33H41N2O10P. The van der Waals surface area contributed by atoms with Gasteiger partial charge in [0.1, 0.15) is 12.7 Å². The number of rotatable bonds is 10. The zero-order chi connectivity index (χ0) is 33.2. The molecule has 0 bridgehead atoms. The first-order chi connectivity index (χ1) is 22.0. The van der Waals surface area contributed by atoms with Gasteiger partial charge in [0.15, 0.2) is 24.5 Å². The van der Waals surface area contributed by atoms with Crippen molar-refractivity contribution >= 4 is 48.4 Å². The van der Waals surface area contributed by atoms with Crippen molar-refractivity contribution in [3.8, 4) is 0 Å². The second-order valence-corrected chi connectivity index (χ2v) is 13.7. The first kappa shape index (κ1) is 34.8. The van der Waals surface area contributed by atoms with Gasteiger partial charge in [-0.3, -0.25) is 19.2 Å². The van der Waals surface area contributed by atoms with Crippen LogP contribution >= 0.6 is 7.92 Å². The number of hydrogen-bond acceptors (Lipinski definition) is 10. The summed E-state index contributed by atoms with van der Waals surface area (Å²) in [6.45, 7) is 4.24. The molecule has 7 atom stereocenters. The van der Waals surface area contributed by atoms with Crippen LogP contribution in [0.5, 0.6) is 0 Å². The van der Waals surface area contributed by atoms with Crippen molar-refractivity contribution in [2.45, 2.75) is 95.7 Å². The lowest BCUT2D eigenvalue weighted by atomic mass is 9.95. The molecule has 2 N–H and O–H groups in total. The monoisotopic (exact) mass is 656 g/mol. The van der Waals surface area contributed by atoms with Gasteiger partial charge in [0.2, 0.25) is 0 Å². The highest BCUT2D eigenvalue weighted by Crippen LogP contribution is 2.46. The molecule has 12 nitrogen and oxygen atoms in total. The van der Waals surface area contributed by atoms with Gasteiger partial charge in [-0.1, -0.05) is 73.5 Å². The van der Waals surface area contributed by atoms with Crippen molar-refractivity contribution in [1.82, 2.24) is 10.6 Å². The van der Waals surface area contributed by atoms with Gasteiger partial charge >= 0.3 is 29.9 Å². The Morgan fingerprint density at radius 1 is 0.696 bits per heavy atom. The van der Waals surface area contributed by atoms with Crippen LogP contribution in [-0.2, 0) is 42.9 Å². The summed E-state index contributed by atoms with van der Waals surface area (Å²) in [5.74, 6) is -2.87. The Morgan fingerprint density at radius 2 is 1.22 bits per heavy atom. The maximum Gasteiger partial charge on any atom is 0.317 e. The van der Waals surface area contributed by atoms with E-state index in [2.05, 4.69) is 34.9 Å². The summed E-state index contributed by atoms with van der Waals surface area (Å²) in [6, 6.07) is 19.8. The number of carbonyl (C=O) groups is 5. The van der Waals surface area contributed by atoms with Crippen LogP contribution in [0.2, 0.25) is 0 Å². The molecule has 2 unspecified atom stereocenters. The molecule has 0 aromatic heterocycles. The number of esters is 4. The highest BCUT2D eigenvalue weighted by molar-refractivity contribution is 7.73. The summed E-state index contributed by atoms with van der Waals surface area (Å²) in [5.41, 5.74) is 0.134. The van der Waals surface area contributed by atoms with E-state index in [0.29, 0.717) is 0 Å². The first-order valence-electron chi connectivity index (χ1n) is 15.3. The minimum Gasteiger partial charge on any atom is -0.463 e. The van der Waals surface area contributed by atoms with E-state index in [1.54, 1.807) is 0 Å². The van der Waals surface area contributed by atoms with E-state index < -0.39 is 68.5 Å². The average molecular weight is 657 g/mol. The summed E-state index contributed by atoms with van der Waals surface area (Å²) in [4.78, 5) is 61.7. The van der Waals surface area contributed by atoms with E-state index in [4.69, 9.17) is 23.7 Å². The maximum atomic E-state index is 13.7. The number of amides is 2. The Hall–Kier alpha value is -4.02. The van der Waals surface area contributed by atoms with Crippen LogP contribution in [0.4, 0.5) is 4.79 Å². The van der Waals surface area contributed by atoms with Gasteiger partial charge in [0, 0.05) is 39.4 Å². The fraction of sp³-hybridized carbons (Fsp3) is 0.485. The number of urea groups is 1. The van der Waals surface area contributed by atoms with Crippen molar-refractivity contribution < 1.29 is 47.7 Å². The standard InChI is InChI=1S/C33H41N2O10P/c1-20(36)41-19-27-29(42-21(2)37)30(43-22(3)38)31(44-23(4)39)32(45-27)35-33(40)34-26-17-11-12-18-28(26)46(24-13-7-5-8-14-24)25-15-9-6-10-16-25/h5-10,13-16,26-32H,11-12,17-19H2,1-4H3,(H2,34,35,40)/t26?,27-,28?,29-,30+,31-,32-/m1/s1. The Labute approximate surface area is 269 Å². The van der Waals surface area contributed by atoms with E-state index in [1.165, 1.54) is 17.5 Å². The second-order valence-electron chi connectivity index (χ2n) is 11.2. The van der Waals surface area contributed by atoms with Gasteiger partial charge in [-0.2, -0.15) is 0 Å². The fourth-order valence-electron chi connectivity index (χ4n) is 5.98. The predicted octanol–water partition coefficient (Wildman–Crippen LogP) is 2.81. The molecule has 2 amide bonds. The molecular weight excluding hydrogens is 615 g/mol. The van der Waals surface area contributed by atoms with E-state index >= 15 is 0 Å². The first-order valence-corrected chi connectivity index (χ1v) is 16.7. The third kappa shape index (κ3) is 9.50. The highest BCUT2D eigenvalue weighted by atomic mass is 31.1. The summed E-state index contributed by atoms with van der Waals surface area (Å²) in [7, 11) is -0.827. The Bertz CT molecular complexity index is 1320. The molecule has 1 saturated carbocycles. The minimum atomic E-state index is -1.39. The van der Waals surface area contributed by atoms with Crippen molar-refractivity contribution in [3.05, 3.63) is 60.7 Å². The number of nitrogens with one attached hydrogen (secondary N) is 2. The number of ether oxygens (including phenoxy) is 5. The third-order valence-corrected chi connectivity index (χ3v) is 10.7. The van der Waals surface area contributed by atoms with Gasteiger partial charge in [0.25, 0.3) is 0 Å². The molecule has 2 aromatic rings. The second kappa shape index (κ2) is 16.5. The van der Waals surface area contributed by atoms with E-state index in [1.807, 2.05) is 36.4 Å². The highest BCUT2D eigenvalue weighted by Gasteiger charge is 2.53. The molecule has 2 fully saturated rings. The predicted molar refractivity (Wildman–Crippen MR) is 169 cm³/mol. The number of carbonyl (C=O) groups excluding carboxylic acids is 5. The normalized spacial score (nSPS) is 25.9. The summed E-state index contributed by atoms with van der Waals surface area (Å²) >= 11 is 0. The van der Waals surface area contributed by atoms with E-state index in [0.717, 1.165) is 46.5 Å². The number of hydrogen-bond donors (Lipinski definition) is 2. The lowest BCUT2D eigenvalue weighted by Crippen LogP contribution is -2.67. The van der Waals surface area contributed by atoms with Crippen LogP contribution in [-0.4, -0.2) is 78.9 Å². The molecule has 248 valence electrons. The summed E-state index contributed by atoms with van der Waals surface area (Å²) < 4.78 is 27.6. The van der Waals surface area contributed by atoms with Crippen LogP contribution in [0.3, 0.4) is 0 Å². The molecule has 1 aliphatic heterocycles. The molecule has 0 radical (unpaired) electrons. The Kier molecular flexibility index (Phi) is 12.5. The van der Waals surface area contributed by atoms with Crippen molar-refractivity contribution in [2.24, 2.45) is 0 Å². The summed E-state index contributed by atoms with van der Waals surface area (Å²) in [5, 5.41) is 8.30. The van der Waals surface area contributed by atoms with Gasteiger partial charge in [-0.25, -0.2) is 4.79 Å². The molecule has 2 aromatic carbocycles. The Morgan fingerprint density at radius 3 is 1.76 bits per heavy atom. The fourth-order valence-corrected chi connectivity index (χ4v) is 9.06. The van der Waals surface area contributed by atoms with E-state index in [-0.39, 0.29) is 18.3 Å². The van der Waals surface area contributed by atoms with E-state index in [9.17, 15) is 24.0 Å². The average Bonchev–Trinajstić information content (AvgIpc) is 3.00. The van der Waals surface area contributed by atoms with Gasteiger partial charge in [-0.05, 0) is 31.4 Å². The molecule has 4 rings (SSSR count). The lowest BCUT2D eigenvalue weighted by Gasteiger charge is -2.44. The smallest absolute Gasteiger partial charge is 0.317 e. The molecule has 1 heterocycles. The SMILES string of the molecule is CC(=O)OC[C@H]1O[C@@H](NC(=O)NC2CCCCC2P(c2ccccc2)c2ccccc2)[C@H](OC(C)=O)[C@@H](OC(C)=O)[C@@H]1OC(C)=O. The van der Waals surface area contributed by atoms with Crippen molar-refractivity contribution in [3.63, 3.8) is 0 Å². The van der Waals surface area contributed by atoms with Crippen LogP contribution in [0, 0.1) is 0 Å². The quantitative estimate of drug-likeness (QED) is 0.222. The maximum absolute atomic E-state index is 13.7. The third-order valence-electron chi connectivity index (χ3n) is 7.71. The van der Waals surface area contributed by atoms with Crippen LogP contribution < -0.4 is 21.2 Å². The minimum absolute atomic E-state index is 0.134. The zero-order valence-corrected chi connectivity index (χ0v) is 27.3. The number of benzene rings is 2. The molecule has 1 aliphatic carbocycles. The van der Waals surface area contributed by atoms with Gasteiger partial charge in [-0.15, -0.1) is 0 Å². The summed E-state index contributed by atoms with van der Waals surface area (Å²) in [6.07, 6.45) is -2.96. The molecule has 0 spiro atoms.